The maximum absolute atomic E-state index is 8.08. The van der Waals surface area contributed by atoms with E-state index in [1.54, 1.807) is 0 Å². The molecule has 6 heavy (non-hydrogen) atoms. The smallest absolute Gasteiger partial charge is 0.0652 e. The van der Waals surface area contributed by atoms with E-state index < -0.39 is 0 Å². The van der Waals surface area contributed by atoms with Crippen LogP contribution in [0, 0.1) is 17.2 Å². The highest BCUT2D eigenvalue weighted by Crippen LogP contribution is 1.94. The van der Waals surface area contributed by atoms with Gasteiger partial charge in [0, 0.05) is 5.92 Å². The van der Waals surface area contributed by atoms with Crippen molar-refractivity contribution in [1.29, 1.82) is 5.26 Å². The van der Waals surface area contributed by atoms with Gasteiger partial charge in [0.2, 0.25) is 0 Å². The minimum Gasteiger partial charge on any atom is -0.198 e. The van der Waals surface area contributed by atoms with Gasteiger partial charge in [0.1, 0.15) is 0 Å². The Morgan fingerprint density at radius 1 is 1.83 bits per heavy atom. The average Bonchev–Trinajstić information content (AvgIpc) is 1.65. The van der Waals surface area contributed by atoms with Crippen LogP contribution in [0.15, 0.2) is 0 Å². The van der Waals surface area contributed by atoms with E-state index in [1.807, 2.05) is 13.8 Å². The van der Waals surface area contributed by atoms with Crippen LogP contribution in [0.2, 0.25) is 0 Å². The summed E-state index contributed by atoms with van der Waals surface area (Å²) in [4.78, 5) is 0. The molecule has 0 amide bonds. The lowest BCUT2D eigenvalue weighted by Gasteiger charge is -1.87. The van der Waals surface area contributed by atoms with Crippen LogP contribution in [-0.2, 0) is 0 Å². The van der Waals surface area contributed by atoms with Gasteiger partial charge in [-0.3, -0.25) is 0 Å². The van der Waals surface area contributed by atoms with Crippen LogP contribution in [0.1, 0.15) is 20.3 Å². The predicted octanol–water partition coefficient (Wildman–Crippen LogP) is 1.56. The normalized spacial score (nSPS) is 12.8. The average molecular weight is 83.1 g/mol. The molecule has 0 radical (unpaired) electrons. The van der Waals surface area contributed by atoms with Crippen LogP contribution >= 0.6 is 0 Å². The fourth-order valence-electron chi connectivity index (χ4n) is 0.0913. The Morgan fingerprint density at radius 2 is 2.33 bits per heavy atom. The molecule has 0 aromatic rings. The Hall–Kier alpha value is -0.510. The van der Waals surface area contributed by atoms with E-state index in [9.17, 15) is 0 Å². The summed E-state index contributed by atoms with van der Waals surface area (Å²) in [6.07, 6.45) is 0.969. The van der Waals surface area contributed by atoms with Gasteiger partial charge in [-0.2, -0.15) is 5.26 Å². The molecule has 0 aliphatic rings. The quantitative estimate of drug-likeness (QED) is 0.472. The van der Waals surface area contributed by atoms with Gasteiger partial charge in [0.15, 0.2) is 0 Å². The van der Waals surface area contributed by atoms with Crippen LogP contribution in [0.4, 0.5) is 0 Å². The highest BCUT2D eigenvalue weighted by Gasteiger charge is 1.88. The van der Waals surface area contributed by atoms with E-state index in [0.717, 1.165) is 6.42 Å². The van der Waals surface area contributed by atoms with Crippen molar-refractivity contribution in [3.05, 3.63) is 0 Å². The Kier molecular flexibility index (Phi) is 2.48. The predicted molar refractivity (Wildman–Crippen MR) is 25.1 cm³/mol. The van der Waals surface area contributed by atoms with Crippen molar-refractivity contribution in [2.75, 3.05) is 0 Å². The molecule has 1 atom stereocenters. The molecule has 0 heterocycles. The molecule has 0 aromatic heterocycles. The van der Waals surface area contributed by atoms with Gasteiger partial charge in [0.05, 0.1) is 6.07 Å². The summed E-state index contributed by atoms with van der Waals surface area (Å²) in [5.41, 5.74) is 0. The van der Waals surface area contributed by atoms with E-state index in [2.05, 4.69) is 6.07 Å². The third-order valence-corrected chi connectivity index (χ3v) is 0.833. The monoisotopic (exact) mass is 83.1 g/mol. The van der Waals surface area contributed by atoms with Gasteiger partial charge in [-0.05, 0) is 13.3 Å². The lowest BCUT2D eigenvalue weighted by molar-refractivity contribution is 0.713. The first-order valence-corrected chi connectivity index (χ1v) is 2.20. The molecule has 0 N–H and O–H groups in total. The zero-order valence-corrected chi connectivity index (χ0v) is 4.23. The van der Waals surface area contributed by atoms with Crippen LogP contribution < -0.4 is 0 Å². The highest BCUT2D eigenvalue weighted by atomic mass is 14.2. The molecule has 1 nitrogen and oxygen atoms in total. The number of nitriles is 1. The molecule has 0 aliphatic carbocycles. The van der Waals surface area contributed by atoms with Crippen LogP contribution in [0.25, 0.3) is 0 Å². The zero-order chi connectivity index (χ0) is 4.99. The zero-order valence-electron chi connectivity index (χ0n) is 4.23. The SMILES string of the molecule is CCC(C)C#N. The second kappa shape index (κ2) is 2.71. The first-order valence-electron chi connectivity index (χ1n) is 2.20. The van der Waals surface area contributed by atoms with Crippen LogP contribution in [0.5, 0.6) is 0 Å². The molecular weight excluding hydrogens is 74.1 g/mol. The number of rotatable bonds is 1. The van der Waals surface area contributed by atoms with E-state index in [-0.39, 0.29) is 5.92 Å². The lowest BCUT2D eigenvalue weighted by atomic mass is 10.2. The molecule has 0 saturated carbocycles. The summed E-state index contributed by atoms with van der Waals surface area (Å²) < 4.78 is 0. The van der Waals surface area contributed by atoms with Gasteiger partial charge in [-0.25, -0.2) is 0 Å². The van der Waals surface area contributed by atoms with Gasteiger partial charge in [-0.1, -0.05) is 6.92 Å². The van der Waals surface area contributed by atoms with Crippen molar-refractivity contribution in [3.63, 3.8) is 0 Å². The molecule has 0 aromatic carbocycles. The standard InChI is InChI=1S/C5H9N/c1-3-5(2)4-6/h5H,3H2,1-2H3. The van der Waals surface area contributed by atoms with Crippen LogP contribution in [0.3, 0.4) is 0 Å². The largest absolute Gasteiger partial charge is 0.198 e. The second-order valence-corrected chi connectivity index (χ2v) is 1.44. The van der Waals surface area contributed by atoms with Crippen molar-refractivity contribution >= 4 is 0 Å². The summed E-state index contributed by atoms with van der Waals surface area (Å²) >= 11 is 0. The number of hydrogen-bond donors (Lipinski definition) is 0. The van der Waals surface area contributed by atoms with Crippen molar-refractivity contribution in [1.82, 2.24) is 0 Å². The summed E-state index contributed by atoms with van der Waals surface area (Å²) in [6.45, 7) is 3.92. The topological polar surface area (TPSA) is 23.8 Å². The molecular formula is C5H9N. The fourth-order valence-corrected chi connectivity index (χ4v) is 0.0913. The summed E-state index contributed by atoms with van der Waals surface area (Å²) in [5.74, 6) is 0.241. The van der Waals surface area contributed by atoms with Crippen LogP contribution in [-0.4, -0.2) is 0 Å². The minimum absolute atomic E-state index is 0.241. The van der Waals surface area contributed by atoms with Gasteiger partial charge >= 0.3 is 0 Å². The molecule has 1 heteroatoms. The Labute approximate surface area is 38.6 Å². The first-order chi connectivity index (χ1) is 2.81. The van der Waals surface area contributed by atoms with Gasteiger partial charge in [-0.15, -0.1) is 0 Å². The molecule has 34 valence electrons. The maximum Gasteiger partial charge on any atom is 0.0652 e. The maximum atomic E-state index is 8.08. The fraction of sp³-hybridized carbons (Fsp3) is 0.800. The lowest BCUT2D eigenvalue weighted by Crippen LogP contribution is -1.81. The van der Waals surface area contributed by atoms with Gasteiger partial charge in [0.25, 0.3) is 0 Å². The molecule has 0 aliphatic heterocycles. The molecule has 1 unspecified atom stereocenters. The van der Waals surface area contributed by atoms with Crippen molar-refractivity contribution < 1.29 is 0 Å². The third kappa shape index (κ3) is 1.78. The highest BCUT2D eigenvalue weighted by molar-refractivity contribution is 4.76. The Morgan fingerprint density at radius 3 is 2.33 bits per heavy atom. The van der Waals surface area contributed by atoms with Crippen molar-refractivity contribution in [2.45, 2.75) is 20.3 Å². The van der Waals surface area contributed by atoms with E-state index >= 15 is 0 Å². The molecule has 0 saturated heterocycles. The van der Waals surface area contributed by atoms with Crippen molar-refractivity contribution in [3.8, 4) is 6.07 Å². The Bertz CT molecular complexity index is 60.8. The van der Waals surface area contributed by atoms with Gasteiger partial charge < -0.3 is 0 Å². The van der Waals surface area contributed by atoms with E-state index in [1.165, 1.54) is 0 Å². The molecule has 0 spiro atoms. The van der Waals surface area contributed by atoms with Crippen molar-refractivity contribution in [2.24, 2.45) is 5.92 Å². The third-order valence-electron chi connectivity index (χ3n) is 0.833. The van der Waals surface area contributed by atoms with E-state index in [4.69, 9.17) is 5.26 Å². The summed E-state index contributed by atoms with van der Waals surface area (Å²) in [5, 5.41) is 8.08. The summed E-state index contributed by atoms with van der Waals surface area (Å²) in [7, 11) is 0. The number of nitrogens with zero attached hydrogens (tertiary/aromatic N) is 1. The summed E-state index contributed by atoms with van der Waals surface area (Å²) in [6, 6.07) is 2.11. The van der Waals surface area contributed by atoms with E-state index in [0.29, 0.717) is 0 Å². The second-order valence-electron chi connectivity index (χ2n) is 1.44. The molecule has 0 fully saturated rings. The minimum atomic E-state index is 0.241. The first kappa shape index (κ1) is 5.49. The molecule has 0 rings (SSSR count). The molecule has 0 bridgehead atoms. The Balaban J connectivity index is 3.04. The number of hydrogen-bond acceptors (Lipinski definition) is 1.